The Morgan fingerprint density at radius 3 is 2.41 bits per heavy atom. The van der Waals surface area contributed by atoms with Crippen molar-refractivity contribution in [3.8, 4) is 0 Å². The third-order valence-corrected chi connectivity index (χ3v) is 5.47. The summed E-state index contributed by atoms with van der Waals surface area (Å²) in [5.41, 5.74) is 4.56. The molecule has 0 bridgehead atoms. The van der Waals surface area contributed by atoms with Gasteiger partial charge < -0.3 is 5.32 Å². The maximum atomic E-state index is 12.5. The zero-order valence-electron chi connectivity index (χ0n) is 15.9. The number of pyridine rings is 1. The van der Waals surface area contributed by atoms with Gasteiger partial charge in [0.1, 0.15) is 0 Å². The third kappa shape index (κ3) is 4.37. The van der Waals surface area contributed by atoms with E-state index in [0.717, 1.165) is 27.1 Å². The fraction of sp³-hybridized carbons (Fsp3) is 0.227. The lowest BCUT2D eigenvalue weighted by molar-refractivity contribution is -0.115. The second kappa shape index (κ2) is 7.92. The first-order valence-corrected chi connectivity index (χ1v) is 9.68. The summed E-state index contributed by atoms with van der Waals surface area (Å²) in [6, 6.07) is 15.1. The quantitative estimate of drug-likeness (QED) is 0.491. The van der Waals surface area contributed by atoms with Gasteiger partial charge in [-0.2, -0.15) is 0 Å². The minimum atomic E-state index is -0.300. The van der Waals surface area contributed by atoms with E-state index in [2.05, 4.69) is 18.3 Å². The molecular weight excluding hydrogens is 356 g/mol. The zero-order valence-corrected chi connectivity index (χ0v) is 16.7. The van der Waals surface area contributed by atoms with Crippen molar-refractivity contribution in [2.75, 3.05) is 5.32 Å². The summed E-state index contributed by atoms with van der Waals surface area (Å²) in [4.78, 5) is 28.6. The van der Waals surface area contributed by atoms with Gasteiger partial charge in [0.05, 0.1) is 15.8 Å². The Balaban J connectivity index is 1.73. The summed E-state index contributed by atoms with van der Waals surface area (Å²) >= 11 is 1.44. The van der Waals surface area contributed by atoms with Gasteiger partial charge in [-0.25, -0.2) is 4.98 Å². The van der Waals surface area contributed by atoms with E-state index in [9.17, 15) is 9.59 Å². The predicted octanol–water partition coefficient (Wildman–Crippen LogP) is 5.17. The average Bonchev–Trinajstić information content (AvgIpc) is 2.63. The van der Waals surface area contributed by atoms with Gasteiger partial charge in [0.2, 0.25) is 5.91 Å². The number of nitrogens with one attached hydrogen (secondary N) is 1. The molecule has 2 aromatic carbocycles. The molecule has 1 N–H and O–H groups in total. The van der Waals surface area contributed by atoms with Crippen LogP contribution in [0.4, 0.5) is 5.69 Å². The van der Waals surface area contributed by atoms with Gasteiger partial charge in [0, 0.05) is 16.6 Å². The molecule has 1 heterocycles. The first-order chi connectivity index (χ1) is 12.8. The van der Waals surface area contributed by atoms with Crippen molar-refractivity contribution in [1.82, 2.24) is 4.98 Å². The van der Waals surface area contributed by atoms with Gasteiger partial charge in [0.15, 0.2) is 5.78 Å². The van der Waals surface area contributed by atoms with E-state index in [-0.39, 0.29) is 16.9 Å². The number of aryl methyl sites for hydroxylation is 2. The maximum absolute atomic E-state index is 12.5. The van der Waals surface area contributed by atoms with Crippen molar-refractivity contribution in [1.29, 1.82) is 0 Å². The molecule has 0 unspecified atom stereocenters. The number of fused-ring (bicyclic) bond motifs is 1. The lowest BCUT2D eigenvalue weighted by Crippen LogP contribution is -2.22. The molecular formula is C22H22N2O2S. The molecule has 0 fully saturated rings. The molecule has 0 saturated heterocycles. The number of thioether (sulfide) groups is 1. The molecule has 0 spiro atoms. The lowest BCUT2D eigenvalue weighted by Gasteiger charge is -2.13. The van der Waals surface area contributed by atoms with Crippen LogP contribution in [0.25, 0.3) is 10.9 Å². The monoisotopic (exact) mass is 378 g/mol. The van der Waals surface area contributed by atoms with Crippen LogP contribution in [0.15, 0.2) is 53.6 Å². The van der Waals surface area contributed by atoms with E-state index in [1.807, 2.05) is 32.0 Å². The standard InChI is InChI=1S/C22H22N2O2S/c1-13-6-5-7-19-14(2)12-20(24-21(13)19)27-16(4)22(26)23-18-10-8-17(9-11-18)15(3)25/h5-12,16H,1-4H3,(H,23,26)/t16-/m0/s1. The molecule has 3 aromatic rings. The number of para-hydroxylation sites is 1. The highest BCUT2D eigenvalue weighted by Gasteiger charge is 2.16. The summed E-state index contributed by atoms with van der Waals surface area (Å²) in [5, 5.41) is 4.57. The molecule has 1 atom stereocenters. The first-order valence-electron chi connectivity index (χ1n) is 8.80. The minimum Gasteiger partial charge on any atom is -0.325 e. The third-order valence-electron chi connectivity index (χ3n) is 4.45. The van der Waals surface area contributed by atoms with E-state index in [4.69, 9.17) is 4.98 Å². The van der Waals surface area contributed by atoms with Crippen LogP contribution in [0.2, 0.25) is 0 Å². The molecule has 0 aliphatic heterocycles. The Bertz CT molecular complexity index is 1010. The van der Waals surface area contributed by atoms with E-state index in [1.165, 1.54) is 18.7 Å². The lowest BCUT2D eigenvalue weighted by atomic mass is 10.1. The van der Waals surface area contributed by atoms with Gasteiger partial charge in [-0.15, -0.1) is 0 Å². The molecule has 0 radical (unpaired) electrons. The van der Waals surface area contributed by atoms with Gasteiger partial charge in [0.25, 0.3) is 0 Å². The summed E-state index contributed by atoms with van der Waals surface area (Å²) in [6.45, 7) is 7.49. The second-order valence-electron chi connectivity index (χ2n) is 6.63. The Morgan fingerprint density at radius 2 is 1.74 bits per heavy atom. The van der Waals surface area contributed by atoms with E-state index in [0.29, 0.717) is 11.3 Å². The number of carbonyl (C=O) groups is 2. The van der Waals surface area contributed by atoms with Crippen molar-refractivity contribution in [2.24, 2.45) is 0 Å². The number of Topliss-reactive ketones (excluding diaryl/α,β-unsaturated/α-hetero) is 1. The molecule has 27 heavy (non-hydrogen) atoms. The minimum absolute atomic E-state index is 0.00448. The maximum Gasteiger partial charge on any atom is 0.237 e. The van der Waals surface area contributed by atoms with E-state index < -0.39 is 0 Å². The van der Waals surface area contributed by atoms with Crippen LogP contribution in [0.5, 0.6) is 0 Å². The van der Waals surface area contributed by atoms with Gasteiger partial charge in [-0.05, 0) is 69.2 Å². The first kappa shape index (κ1) is 19.1. The van der Waals surface area contributed by atoms with Crippen LogP contribution in [-0.4, -0.2) is 21.9 Å². The van der Waals surface area contributed by atoms with E-state index in [1.54, 1.807) is 24.3 Å². The number of amides is 1. The van der Waals surface area contributed by atoms with Gasteiger partial charge in [-0.1, -0.05) is 30.0 Å². The largest absolute Gasteiger partial charge is 0.325 e. The summed E-state index contributed by atoms with van der Waals surface area (Å²) < 4.78 is 0. The van der Waals surface area contributed by atoms with Crippen molar-refractivity contribution < 1.29 is 9.59 Å². The summed E-state index contributed by atoms with van der Waals surface area (Å²) in [5.74, 6) is -0.0928. The molecule has 3 rings (SSSR count). The van der Waals surface area contributed by atoms with Crippen LogP contribution in [0.3, 0.4) is 0 Å². The highest BCUT2D eigenvalue weighted by Crippen LogP contribution is 2.28. The zero-order chi connectivity index (χ0) is 19.6. The number of nitrogens with zero attached hydrogens (tertiary/aromatic N) is 1. The molecule has 1 aromatic heterocycles. The van der Waals surface area contributed by atoms with Crippen LogP contribution >= 0.6 is 11.8 Å². The fourth-order valence-corrected chi connectivity index (χ4v) is 3.78. The van der Waals surface area contributed by atoms with Crippen molar-refractivity contribution in [3.05, 3.63) is 65.2 Å². The second-order valence-corrected chi connectivity index (χ2v) is 7.99. The van der Waals surface area contributed by atoms with Crippen LogP contribution in [0, 0.1) is 13.8 Å². The predicted molar refractivity (Wildman–Crippen MR) is 112 cm³/mol. The van der Waals surface area contributed by atoms with Crippen LogP contribution < -0.4 is 5.32 Å². The molecule has 138 valence electrons. The molecule has 4 nitrogen and oxygen atoms in total. The van der Waals surface area contributed by atoms with Gasteiger partial charge in [-0.3, -0.25) is 9.59 Å². The molecule has 5 heteroatoms. The summed E-state index contributed by atoms with van der Waals surface area (Å²) in [6.07, 6.45) is 0. The number of aromatic nitrogens is 1. The Morgan fingerprint density at radius 1 is 1.04 bits per heavy atom. The Labute approximate surface area is 163 Å². The SMILES string of the molecule is CC(=O)c1ccc(NC(=O)[C@H](C)Sc2cc(C)c3cccc(C)c3n2)cc1. The summed E-state index contributed by atoms with van der Waals surface area (Å²) in [7, 11) is 0. The number of anilines is 1. The smallest absolute Gasteiger partial charge is 0.237 e. The number of ketones is 1. The highest BCUT2D eigenvalue weighted by molar-refractivity contribution is 8.00. The highest BCUT2D eigenvalue weighted by atomic mass is 32.2. The van der Waals surface area contributed by atoms with Crippen LogP contribution in [0.1, 0.15) is 35.3 Å². The van der Waals surface area contributed by atoms with Crippen molar-refractivity contribution in [3.63, 3.8) is 0 Å². The Kier molecular flexibility index (Phi) is 5.61. The number of hydrogen-bond donors (Lipinski definition) is 1. The molecule has 0 aliphatic rings. The fourth-order valence-electron chi connectivity index (χ4n) is 2.86. The van der Waals surface area contributed by atoms with Crippen molar-refractivity contribution in [2.45, 2.75) is 38.0 Å². The average molecular weight is 378 g/mol. The number of hydrogen-bond acceptors (Lipinski definition) is 4. The molecule has 1 amide bonds. The number of benzene rings is 2. The molecule has 0 aliphatic carbocycles. The Hall–Kier alpha value is -2.66. The van der Waals surface area contributed by atoms with Gasteiger partial charge >= 0.3 is 0 Å². The molecule has 0 saturated carbocycles. The van der Waals surface area contributed by atoms with E-state index >= 15 is 0 Å². The normalized spacial score (nSPS) is 12.0. The number of carbonyl (C=O) groups excluding carboxylic acids is 2. The van der Waals surface area contributed by atoms with Crippen molar-refractivity contribution >= 4 is 40.0 Å². The van der Waals surface area contributed by atoms with Crippen LogP contribution in [-0.2, 0) is 4.79 Å². The topological polar surface area (TPSA) is 59.1 Å². The number of rotatable bonds is 5.